The van der Waals surface area contributed by atoms with E-state index in [4.69, 9.17) is 9.47 Å². The number of amides is 2. The SMILES string of the molecule is CCC(C)(C)CC(OC(=O)N1CCOCC1)C(=O)N(C#N)C1CCN(C)CC1. The molecule has 8 heteroatoms. The third kappa shape index (κ3) is 6.08. The van der Waals surface area contributed by atoms with Crippen LogP contribution in [0, 0.1) is 16.9 Å². The fraction of sp³-hybridized carbons (Fsp3) is 0.850. The van der Waals surface area contributed by atoms with Crippen molar-refractivity contribution < 1.29 is 19.1 Å². The number of morpholine rings is 1. The molecule has 2 amide bonds. The summed E-state index contributed by atoms with van der Waals surface area (Å²) in [4.78, 5) is 30.8. The second-order valence-corrected chi connectivity index (χ2v) is 8.54. The molecule has 2 saturated heterocycles. The maximum atomic E-state index is 13.2. The normalized spacial score (nSPS) is 20.3. The molecule has 1 atom stereocenters. The number of hydrogen-bond donors (Lipinski definition) is 0. The molecule has 2 aliphatic heterocycles. The molecule has 0 N–H and O–H groups in total. The molecule has 0 spiro atoms. The lowest BCUT2D eigenvalue weighted by atomic mass is 9.83. The van der Waals surface area contributed by atoms with Gasteiger partial charge in [0.1, 0.15) is 0 Å². The number of carbonyl (C=O) groups excluding carboxylic acids is 2. The van der Waals surface area contributed by atoms with Crippen molar-refractivity contribution in [2.75, 3.05) is 46.4 Å². The molecule has 2 aliphatic rings. The minimum atomic E-state index is -0.954. The standard InChI is InChI=1S/C20H34N4O4/c1-5-20(2,3)14-17(28-19(26)23-10-12-27-13-11-23)18(25)24(15-21)16-6-8-22(4)9-7-16/h16-17H,5-14H2,1-4H3. The summed E-state index contributed by atoms with van der Waals surface area (Å²) in [6.45, 7) is 9.65. The zero-order valence-corrected chi connectivity index (χ0v) is 17.6. The monoisotopic (exact) mass is 394 g/mol. The third-order valence-electron chi connectivity index (χ3n) is 5.88. The predicted octanol–water partition coefficient (Wildman–Crippen LogP) is 2.05. The second kappa shape index (κ2) is 10.1. The van der Waals surface area contributed by atoms with Gasteiger partial charge in [0.05, 0.1) is 13.2 Å². The molecule has 2 rings (SSSR count). The first-order valence-electron chi connectivity index (χ1n) is 10.2. The molecule has 0 saturated carbocycles. The summed E-state index contributed by atoms with van der Waals surface area (Å²) in [7, 11) is 2.03. The Labute approximate surface area is 168 Å². The highest BCUT2D eigenvalue weighted by atomic mass is 16.6. The topological polar surface area (TPSA) is 86.1 Å². The van der Waals surface area contributed by atoms with Gasteiger partial charge in [-0.25, -0.2) is 9.69 Å². The van der Waals surface area contributed by atoms with Crippen molar-refractivity contribution in [2.45, 2.75) is 58.6 Å². The van der Waals surface area contributed by atoms with Crippen molar-refractivity contribution in [3.05, 3.63) is 0 Å². The summed E-state index contributed by atoms with van der Waals surface area (Å²) in [6, 6.07) is -0.136. The highest BCUT2D eigenvalue weighted by molar-refractivity contribution is 5.85. The molecule has 0 radical (unpaired) electrons. The van der Waals surface area contributed by atoms with Crippen LogP contribution in [0.2, 0.25) is 0 Å². The molecule has 0 aromatic heterocycles. The summed E-state index contributed by atoms with van der Waals surface area (Å²) >= 11 is 0. The van der Waals surface area contributed by atoms with Crippen LogP contribution in [0.15, 0.2) is 0 Å². The Bertz CT molecular complexity index is 575. The van der Waals surface area contributed by atoms with Crippen molar-refractivity contribution in [3.8, 4) is 6.19 Å². The van der Waals surface area contributed by atoms with Gasteiger partial charge >= 0.3 is 6.09 Å². The molecule has 1 unspecified atom stereocenters. The minimum absolute atomic E-state index is 0.136. The first kappa shape index (κ1) is 22.4. The molecule has 0 aliphatic carbocycles. The molecule has 2 heterocycles. The highest BCUT2D eigenvalue weighted by Gasteiger charge is 2.37. The Balaban J connectivity index is 2.12. The molecule has 28 heavy (non-hydrogen) atoms. The summed E-state index contributed by atoms with van der Waals surface area (Å²) in [5.74, 6) is -0.403. The maximum Gasteiger partial charge on any atom is 0.410 e. The first-order valence-corrected chi connectivity index (χ1v) is 10.2. The van der Waals surface area contributed by atoms with Crippen LogP contribution in [0.3, 0.4) is 0 Å². The van der Waals surface area contributed by atoms with Gasteiger partial charge in [-0.05, 0) is 44.8 Å². The number of nitriles is 1. The van der Waals surface area contributed by atoms with Crippen molar-refractivity contribution in [1.29, 1.82) is 5.26 Å². The lowest BCUT2D eigenvalue weighted by molar-refractivity contribution is -0.142. The van der Waals surface area contributed by atoms with Crippen LogP contribution in [-0.4, -0.2) is 85.3 Å². The van der Waals surface area contributed by atoms with Gasteiger partial charge in [-0.2, -0.15) is 5.26 Å². The van der Waals surface area contributed by atoms with Gasteiger partial charge in [-0.1, -0.05) is 27.2 Å². The second-order valence-electron chi connectivity index (χ2n) is 8.54. The number of likely N-dealkylation sites (tertiary alicyclic amines) is 1. The van der Waals surface area contributed by atoms with E-state index >= 15 is 0 Å². The van der Waals surface area contributed by atoms with Crippen LogP contribution in [0.1, 0.15) is 46.5 Å². The number of carbonyl (C=O) groups is 2. The summed E-state index contributed by atoms with van der Waals surface area (Å²) in [6.07, 6.45) is 3.33. The lowest BCUT2D eigenvalue weighted by Crippen LogP contribution is -2.50. The largest absolute Gasteiger partial charge is 0.436 e. The van der Waals surface area contributed by atoms with Crippen molar-refractivity contribution in [2.24, 2.45) is 5.41 Å². The maximum absolute atomic E-state index is 13.2. The fourth-order valence-corrected chi connectivity index (χ4v) is 3.49. The minimum Gasteiger partial charge on any atom is -0.436 e. The number of hydrogen-bond acceptors (Lipinski definition) is 6. The van der Waals surface area contributed by atoms with Crippen LogP contribution in [0.4, 0.5) is 4.79 Å². The average molecular weight is 395 g/mol. The average Bonchev–Trinajstić information content (AvgIpc) is 2.69. The number of rotatable bonds is 6. The molecule has 0 aromatic carbocycles. The highest BCUT2D eigenvalue weighted by Crippen LogP contribution is 2.29. The molecule has 2 fully saturated rings. The van der Waals surface area contributed by atoms with Crippen LogP contribution in [-0.2, 0) is 14.3 Å². The molecule has 0 aromatic rings. The van der Waals surface area contributed by atoms with Gasteiger partial charge in [0, 0.05) is 19.1 Å². The van der Waals surface area contributed by atoms with Crippen molar-refractivity contribution >= 4 is 12.0 Å². The summed E-state index contributed by atoms with van der Waals surface area (Å²) < 4.78 is 10.9. The van der Waals surface area contributed by atoms with Gasteiger partial charge in [-0.15, -0.1) is 0 Å². The van der Waals surface area contributed by atoms with Gasteiger partial charge in [0.15, 0.2) is 12.3 Å². The molecular weight excluding hydrogens is 360 g/mol. The van der Waals surface area contributed by atoms with Gasteiger partial charge in [-0.3, -0.25) is 4.79 Å². The molecular formula is C20H34N4O4. The Morgan fingerprint density at radius 3 is 2.39 bits per heavy atom. The Hall–Kier alpha value is -1.85. The van der Waals surface area contributed by atoms with Crippen LogP contribution >= 0.6 is 0 Å². The number of nitrogens with zero attached hydrogens (tertiary/aromatic N) is 4. The van der Waals surface area contributed by atoms with E-state index in [1.54, 1.807) is 4.90 Å². The molecule has 158 valence electrons. The predicted molar refractivity (Wildman–Crippen MR) is 104 cm³/mol. The van der Waals surface area contributed by atoms with Crippen LogP contribution < -0.4 is 0 Å². The third-order valence-corrected chi connectivity index (χ3v) is 5.88. The number of ether oxygens (including phenoxy) is 2. The van der Waals surface area contributed by atoms with Gasteiger partial charge in [0.25, 0.3) is 5.91 Å². The van der Waals surface area contributed by atoms with E-state index in [2.05, 4.69) is 11.1 Å². The Kier molecular flexibility index (Phi) is 8.08. The molecule has 0 bridgehead atoms. The van der Waals surface area contributed by atoms with Crippen molar-refractivity contribution in [1.82, 2.24) is 14.7 Å². The van der Waals surface area contributed by atoms with E-state index in [1.807, 2.05) is 27.8 Å². The summed E-state index contributed by atoms with van der Waals surface area (Å²) in [5, 5.41) is 9.68. The van der Waals surface area contributed by atoms with Crippen LogP contribution in [0.25, 0.3) is 0 Å². The Morgan fingerprint density at radius 1 is 1.25 bits per heavy atom. The fourth-order valence-electron chi connectivity index (χ4n) is 3.49. The van der Waals surface area contributed by atoms with Gasteiger partial charge in [0.2, 0.25) is 0 Å². The van der Waals surface area contributed by atoms with E-state index in [0.29, 0.717) is 32.7 Å². The first-order chi connectivity index (χ1) is 13.3. The van der Waals surface area contributed by atoms with E-state index < -0.39 is 18.1 Å². The Morgan fingerprint density at radius 2 is 1.86 bits per heavy atom. The van der Waals surface area contributed by atoms with Crippen LogP contribution in [0.5, 0.6) is 0 Å². The van der Waals surface area contributed by atoms with E-state index in [-0.39, 0.29) is 11.5 Å². The smallest absolute Gasteiger partial charge is 0.410 e. The van der Waals surface area contributed by atoms with E-state index in [9.17, 15) is 14.9 Å². The molecule has 8 nitrogen and oxygen atoms in total. The quantitative estimate of drug-likeness (QED) is 0.506. The number of piperidine rings is 1. The van der Waals surface area contributed by atoms with Gasteiger partial charge < -0.3 is 19.3 Å². The van der Waals surface area contributed by atoms with E-state index in [1.165, 1.54) is 4.90 Å². The summed E-state index contributed by atoms with van der Waals surface area (Å²) in [5.41, 5.74) is -0.181. The lowest BCUT2D eigenvalue weighted by Gasteiger charge is -2.36. The van der Waals surface area contributed by atoms with E-state index in [0.717, 1.165) is 32.4 Å². The van der Waals surface area contributed by atoms with Crippen molar-refractivity contribution in [3.63, 3.8) is 0 Å². The zero-order valence-electron chi connectivity index (χ0n) is 17.6. The zero-order chi connectivity index (χ0) is 20.7.